The van der Waals surface area contributed by atoms with Crippen LogP contribution in [0.2, 0.25) is 0 Å². The molecule has 1 atom stereocenters. The Hall–Kier alpha value is -2.47. The number of aromatic nitrogens is 3. The van der Waals surface area contributed by atoms with Crippen LogP contribution in [0.15, 0.2) is 53.7 Å². The molecule has 7 nitrogen and oxygen atoms in total. The largest absolute Gasteiger partial charge is 0.342 e. The Labute approximate surface area is 197 Å². The molecular weight excluding hydrogens is 532 g/mol. The Morgan fingerprint density at radius 2 is 1.81 bits per heavy atom. The van der Waals surface area contributed by atoms with Gasteiger partial charge in [0, 0.05) is 21.4 Å². The molecule has 162 valence electrons. The van der Waals surface area contributed by atoms with E-state index < -0.39 is 11.9 Å². The van der Waals surface area contributed by atoms with Crippen molar-refractivity contribution >= 4 is 51.9 Å². The molecule has 0 saturated heterocycles. The van der Waals surface area contributed by atoms with E-state index in [0.29, 0.717) is 23.1 Å². The Kier molecular flexibility index (Phi) is 8.02. The van der Waals surface area contributed by atoms with Crippen molar-refractivity contribution in [1.82, 2.24) is 20.1 Å². The molecule has 1 aromatic heterocycles. The van der Waals surface area contributed by atoms with Gasteiger partial charge in [0.25, 0.3) is 5.91 Å². The average Bonchev–Trinajstić information content (AvgIpc) is 3.17. The molecule has 2 aromatic carbocycles. The van der Waals surface area contributed by atoms with Gasteiger partial charge < -0.3 is 15.2 Å². The molecule has 0 aliphatic heterocycles. The molecule has 0 radical (unpaired) electrons. The van der Waals surface area contributed by atoms with Gasteiger partial charge in [-0.3, -0.25) is 9.59 Å². The lowest BCUT2D eigenvalue weighted by atomic mass is 10.2. The van der Waals surface area contributed by atoms with Gasteiger partial charge in [-0.15, -0.1) is 10.2 Å². The molecule has 3 aromatic rings. The van der Waals surface area contributed by atoms with Crippen LogP contribution in [0.4, 0.5) is 10.1 Å². The van der Waals surface area contributed by atoms with E-state index >= 15 is 0 Å². The molecule has 0 saturated carbocycles. The third kappa shape index (κ3) is 6.26. The standard InChI is InChI=1S/C21H21FIN5O2S/c1-3-28-19(13(2)24-20(30)14-4-6-15(22)7-5-14)26-27-21(28)31-12-18(29)25-17-10-8-16(23)9-11-17/h4-11,13H,3,12H2,1-2H3,(H,24,30)(H,25,29)/t13-/m0/s1. The molecular formula is C21H21FIN5O2S. The molecule has 2 amide bonds. The maximum absolute atomic E-state index is 13.1. The molecule has 0 spiro atoms. The van der Waals surface area contributed by atoms with E-state index in [9.17, 15) is 14.0 Å². The second-order valence-electron chi connectivity index (χ2n) is 6.63. The zero-order valence-corrected chi connectivity index (χ0v) is 19.9. The third-order valence-electron chi connectivity index (χ3n) is 4.36. The van der Waals surface area contributed by atoms with Gasteiger partial charge in [0.05, 0.1) is 11.8 Å². The summed E-state index contributed by atoms with van der Waals surface area (Å²) in [5, 5.41) is 14.7. The van der Waals surface area contributed by atoms with Crippen molar-refractivity contribution in [1.29, 1.82) is 0 Å². The fourth-order valence-corrected chi connectivity index (χ4v) is 4.00. The summed E-state index contributed by atoms with van der Waals surface area (Å²) in [5.41, 5.74) is 1.10. The van der Waals surface area contributed by atoms with Crippen LogP contribution in [-0.2, 0) is 11.3 Å². The lowest BCUT2D eigenvalue weighted by molar-refractivity contribution is -0.113. The number of thioether (sulfide) groups is 1. The topological polar surface area (TPSA) is 88.9 Å². The molecule has 3 rings (SSSR count). The second-order valence-corrected chi connectivity index (χ2v) is 8.82. The first kappa shape index (κ1) is 23.2. The van der Waals surface area contributed by atoms with E-state index in [4.69, 9.17) is 0 Å². The van der Waals surface area contributed by atoms with Crippen LogP contribution in [0.25, 0.3) is 0 Å². The van der Waals surface area contributed by atoms with Crippen LogP contribution < -0.4 is 10.6 Å². The summed E-state index contributed by atoms with van der Waals surface area (Å²) in [7, 11) is 0. The molecule has 1 heterocycles. The van der Waals surface area contributed by atoms with E-state index in [1.807, 2.05) is 35.8 Å². The van der Waals surface area contributed by atoms with Crippen molar-refractivity contribution in [2.45, 2.75) is 31.6 Å². The molecule has 0 aliphatic rings. The molecule has 0 fully saturated rings. The zero-order valence-electron chi connectivity index (χ0n) is 16.9. The van der Waals surface area contributed by atoms with Crippen molar-refractivity contribution in [3.05, 3.63) is 69.3 Å². The number of rotatable bonds is 8. The highest BCUT2D eigenvalue weighted by Gasteiger charge is 2.20. The molecule has 31 heavy (non-hydrogen) atoms. The highest BCUT2D eigenvalue weighted by molar-refractivity contribution is 14.1. The van der Waals surface area contributed by atoms with Gasteiger partial charge in [-0.2, -0.15) is 0 Å². The number of halogens is 2. The summed E-state index contributed by atoms with van der Waals surface area (Å²) in [6.45, 7) is 4.33. The minimum Gasteiger partial charge on any atom is -0.342 e. The number of hydrogen-bond donors (Lipinski definition) is 2. The smallest absolute Gasteiger partial charge is 0.251 e. The molecule has 0 aliphatic carbocycles. The number of hydrogen-bond acceptors (Lipinski definition) is 5. The summed E-state index contributed by atoms with van der Waals surface area (Å²) in [4.78, 5) is 24.7. The van der Waals surface area contributed by atoms with Gasteiger partial charge in [-0.25, -0.2) is 4.39 Å². The normalized spacial score (nSPS) is 11.7. The van der Waals surface area contributed by atoms with E-state index in [0.717, 1.165) is 9.26 Å². The molecule has 2 N–H and O–H groups in total. The van der Waals surface area contributed by atoms with Crippen LogP contribution in [0.5, 0.6) is 0 Å². The van der Waals surface area contributed by atoms with E-state index in [1.54, 1.807) is 6.92 Å². The Balaban J connectivity index is 1.61. The van der Waals surface area contributed by atoms with Crippen molar-refractivity contribution in [3.8, 4) is 0 Å². The monoisotopic (exact) mass is 553 g/mol. The van der Waals surface area contributed by atoms with E-state index in [1.165, 1.54) is 36.0 Å². The SMILES string of the molecule is CCn1c(SCC(=O)Nc2ccc(I)cc2)nnc1[C@H](C)NC(=O)c1ccc(F)cc1. The lowest BCUT2D eigenvalue weighted by Gasteiger charge is -2.15. The third-order valence-corrected chi connectivity index (χ3v) is 6.05. The Morgan fingerprint density at radius 3 is 2.45 bits per heavy atom. The van der Waals surface area contributed by atoms with Gasteiger partial charge in [0.2, 0.25) is 5.91 Å². The minimum absolute atomic E-state index is 0.143. The number of nitrogens with zero attached hydrogens (tertiary/aromatic N) is 3. The highest BCUT2D eigenvalue weighted by atomic mass is 127. The van der Waals surface area contributed by atoms with Gasteiger partial charge in [0.1, 0.15) is 5.82 Å². The lowest BCUT2D eigenvalue weighted by Crippen LogP contribution is -2.28. The van der Waals surface area contributed by atoms with Crippen LogP contribution in [0.1, 0.15) is 36.1 Å². The van der Waals surface area contributed by atoms with Gasteiger partial charge in [-0.1, -0.05) is 11.8 Å². The van der Waals surface area contributed by atoms with Crippen molar-refractivity contribution in [2.24, 2.45) is 0 Å². The molecule has 0 bridgehead atoms. The van der Waals surface area contributed by atoms with Crippen LogP contribution >= 0.6 is 34.4 Å². The van der Waals surface area contributed by atoms with Crippen molar-refractivity contribution in [3.63, 3.8) is 0 Å². The fraction of sp³-hybridized carbons (Fsp3) is 0.238. The average molecular weight is 553 g/mol. The number of benzene rings is 2. The summed E-state index contributed by atoms with van der Waals surface area (Å²) in [6, 6.07) is 12.5. The number of carbonyl (C=O) groups excluding carboxylic acids is 2. The first-order valence-electron chi connectivity index (χ1n) is 9.55. The first-order chi connectivity index (χ1) is 14.9. The molecule has 0 unspecified atom stereocenters. The summed E-state index contributed by atoms with van der Waals surface area (Å²) >= 11 is 3.48. The minimum atomic E-state index is -0.417. The van der Waals surface area contributed by atoms with E-state index in [2.05, 4.69) is 43.4 Å². The summed E-state index contributed by atoms with van der Waals surface area (Å²) in [5.74, 6) is -0.109. The second kappa shape index (κ2) is 10.7. The quantitative estimate of drug-likeness (QED) is 0.322. The van der Waals surface area contributed by atoms with Crippen molar-refractivity contribution in [2.75, 3.05) is 11.1 Å². The maximum atomic E-state index is 13.1. The molecule has 10 heteroatoms. The number of carbonyl (C=O) groups is 2. The van der Waals surface area contributed by atoms with Crippen LogP contribution in [-0.4, -0.2) is 32.3 Å². The van der Waals surface area contributed by atoms with Gasteiger partial charge in [-0.05, 0) is 85.0 Å². The number of anilines is 1. The highest BCUT2D eigenvalue weighted by Crippen LogP contribution is 2.21. The predicted molar refractivity (Wildman–Crippen MR) is 126 cm³/mol. The number of amides is 2. The Morgan fingerprint density at radius 1 is 1.13 bits per heavy atom. The Bertz CT molecular complexity index is 1060. The van der Waals surface area contributed by atoms with Gasteiger partial charge in [0.15, 0.2) is 11.0 Å². The maximum Gasteiger partial charge on any atom is 0.251 e. The van der Waals surface area contributed by atoms with Crippen molar-refractivity contribution < 1.29 is 14.0 Å². The van der Waals surface area contributed by atoms with E-state index in [-0.39, 0.29) is 17.6 Å². The number of nitrogens with one attached hydrogen (secondary N) is 2. The predicted octanol–water partition coefficient (Wildman–Crippen LogP) is 4.26. The van der Waals surface area contributed by atoms with Crippen LogP contribution in [0, 0.1) is 9.39 Å². The summed E-state index contributed by atoms with van der Waals surface area (Å²) in [6.07, 6.45) is 0. The first-order valence-corrected chi connectivity index (χ1v) is 11.6. The fourth-order valence-electron chi connectivity index (χ4n) is 2.83. The van der Waals surface area contributed by atoms with Gasteiger partial charge >= 0.3 is 0 Å². The zero-order chi connectivity index (χ0) is 22.4. The summed E-state index contributed by atoms with van der Waals surface area (Å²) < 4.78 is 16.0. The van der Waals surface area contributed by atoms with Crippen LogP contribution in [0.3, 0.4) is 0 Å².